The van der Waals surface area contributed by atoms with Crippen LogP contribution in [0.5, 0.6) is 23.0 Å². The number of hydrogen-bond acceptors (Lipinski definition) is 10. The Labute approximate surface area is 279 Å². The molecular weight excluding hydrogens is 604 g/mol. The second kappa shape index (κ2) is 25.4. The summed E-state index contributed by atoms with van der Waals surface area (Å²) in [4.78, 5) is 24.2. The van der Waals surface area contributed by atoms with Gasteiger partial charge in [-0.25, -0.2) is 9.59 Å². The molecule has 260 valence electrons. The summed E-state index contributed by atoms with van der Waals surface area (Å²) < 4.78 is 44.1. The fraction of sp³-hybridized carbons (Fsp3) is 0.514. The van der Waals surface area contributed by atoms with Crippen molar-refractivity contribution in [1.82, 2.24) is 0 Å². The lowest BCUT2D eigenvalue weighted by molar-refractivity contribution is -0.130. The van der Waals surface area contributed by atoms with Crippen molar-refractivity contribution in [3.63, 3.8) is 0 Å². The van der Waals surface area contributed by atoms with Crippen LogP contribution in [0.2, 0.25) is 0 Å². The number of carbonyl (C=O) groups excluding carboxylic acids is 2. The lowest BCUT2D eigenvalue weighted by Crippen LogP contribution is -2.14. The number of rotatable bonds is 28. The van der Waals surface area contributed by atoms with Gasteiger partial charge in [-0.15, -0.1) is 0 Å². The maximum absolute atomic E-state index is 12.1. The minimum Gasteiger partial charge on any atom is -0.490 e. The van der Waals surface area contributed by atoms with E-state index in [1.54, 1.807) is 31.4 Å². The van der Waals surface area contributed by atoms with E-state index in [0.717, 1.165) is 25.0 Å². The molecule has 0 heterocycles. The first-order valence-corrected chi connectivity index (χ1v) is 16.5. The van der Waals surface area contributed by atoms with Gasteiger partial charge in [0.25, 0.3) is 0 Å². The molecule has 0 aliphatic heterocycles. The predicted octanol–water partition coefficient (Wildman–Crippen LogP) is 7.13. The van der Waals surface area contributed by atoms with Crippen molar-refractivity contribution >= 4 is 11.9 Å². The number of unbranched alkanes of at least 4 members (excludes halogenated alkanes) is 7. The zero-order valence-corrected chi connectivity index (χ0v) is 28.1. The normalized spacial score (nSPS) is 10.8. The van der Waals surface area contributed by atoms with Crippen LogP contribution < -0.4 is 18.9 Å². The van der Waals surface area contributed by atoms with E-state index in [1.807, 2.05) is 12.1 Å². The fourth-order valence-corrected chi connectivity index (χ4v) is 4.39. The van der Waals surface area contributed by atoms with E-state index in [1.165, 1.54) is 38.5 Å². The number of esters is 2. The maximum atomic E-state index is 12.1. The van der Waals surface area contributed by atoms with Crippen LogP contribution in [0, 0.1) is 0 Å². The van der Waals surface area contributed by atoms with Crippen molar-refractivity contribution in [1.29, 1.82) is 0 Å². The lowest BCUT2D eigenvalue weighted by atomic mass is 10.0. The highest BCUT2D eigenvalue weighted by Gasteiger charge is 2.15. The van der Waals surface area contributed by atoms with Crippen LogP contribution in [-0.2, 0) is 28.5 Å². The molecule has 47 heavy (non-hydrogen) atoms. The van der Waals surface area contributed by atoms with E-state index < -0.39 is 11.9 Å². The van der Waals surface area contributed by atoms with Gasteiger partial charge in [-0.05, 0) is 41.8 Å². The summed E-state index contributed by atoms with van der Waals surface area (Å²) in [6, 6.07) is 10.5. The maximum Gasteiger partial charge on any atom is 0.335 e. The highest BCUT2D eigenvalue weighted by atomic mass is 16.6. The number of carbonyl (C=O) groups is 2. The van der Waals surface area contributed by atoms with Crippen LogP contribution in [0.1, 0.15) is 58.3 Å². The number of hydrogen-bond donors (Lipinski definition) is 0. The van der Waals surface area contributed by atoms with Gasteiger partial charge in [0.1, 0.15) is 6.61 Å². The quantitative estimate of drug-likeness (QED) is 0.0406. The van der Waals surface area contributed by atoms with Crippen LogP contribution in [0.25, 0.3) is 11.1 Å². The van der Waals surface area contributed by atoms with Crippen molar-refractivity contribution in [3.05, 3.63) is 61.7 Å². The Kier molecular flexibility index (Phi) is 21.3. The van der Waals surface area contributed by atoms with Crippen molar-refractivity contribution in [2.75, 3.05) is 66.6 Å². The molecule has 0 N–H and O–H groups in total. The molecule has 0 amide bonds. The van der Waals surface area contributed by atoms with E-state index in [4.69, 9.17) is 37.9 Å². The molecule has 0 radical (unpaired) electrons. The van der Waals surface area contributed by atoms with Gasteiger partial charge in [0.15, 0.2) is 23.0 Å². The molecule has 0 saturated heterocycles. The van der Waals surface area contributed by atoms with Crippen LogP contribution in [0.15, 0.2) is 61.7 Å². The van der Waals surface area contributed by atoms with Crippen LogP contribution in [0.4, 0.5) is 0 Å². The molecule has 0 aromatic heterocycles. The molecule has 0 aliphatic rings. The van der Waals surface area contributed by atoms with Crippen LogP contribution in [-0.4, -0.2) is 78.5 Å². The van der Waals surface area contributed by atoms with Gasteiger partial charge in [0, 0.05) is 19.3 Å². The summed E-state index contributed by atoms with van der Waals surface area (Å²) in [6.07, 6.45) is 11.7. The topological polar surface area (TPSA) is 108 Å². The summed E-state index contributed by atoms with van der Waals surface area (Å²) in [5, 5.41) is 0. The van der Waals surface area contributed by atoms with E-state index in [9.17, 15) is 9.59 Å². The minimum atomic E-state index is -0.628. The number of methoxy groups -OCH3 is 1. The van der Waals surface area contributed by atoms with Crippen molar-refractivity contribution < 1.29 is 47.5 Å². The summed E-state index contributed by atoms with van der Waals surface area (Å²) in [5.41, 5.74) is 1.42. The van der Waals surface area contributed by atoms with Crippen molar-refractivity contribution in [2.45, 2.75) is 58.3 Å². The molecule has 0 unspecified atom stereocenters. The zero-order valence-electron chi connectivity index (χ0n) is 28.1. The van der Waals surface area contributed by atoms with E-state index in [2.05, 4.69) is 20.1 Å². The summed E-state index contributed by atoms with van der Waals surface area (Å²) in [6.45, 7) is 13.1. The van der Waals surface area contributed by atoms with Gasteiger partial charge in [-0.3, -0.25) is 0 Å². The van der Waals surface area contributed by atoms with E-state index >= 15 is 0 Å². The highest BCUT2D eigenvalue weighted by molar-refractivity contribution is 5.85. The average molecular weight is 657 g/mol. The van der Waals surface area contributed by atoms with Gasteiger partial charge >= 0.3 is 11.9 Å². The molecule has 10 heteroatoms. The SMILES string of the molecule is C=CC(=O)Oc1cc(-c2ccc(OCCOCCOCCOCCOC)c(OC(=O)C=C)c2)ccc1OCCCCCCCCCC. The Balaban J connectivity index is 1.97. The van der Waals surface area contributed by atoms with Crippen molar-refractivity contribution in [2.24, 2.45) is 0 Å². The minimum absolute atomic E-state index is 0.212. The first kappa shape index (κ1) is 39.5. The van der Waals surface area contributed by atoms with Crippen molar-refractivity contribution in [3.8, 4) is 34.1 Å². The molecule has 2 aromatic carbocycles. The molecule has 0 fully saturated rings. The van der Waals surface area contributed by atoms with E-state index in [0.29, 0.717) is 75.5 Å². The van der Waals surface area contributed by atoms with Crippen LogP contribution >= 0.6 is 0 Å². The van der Waals surface area contributed by atoms with Gasteiger partial charge in [-0.2, -0.15) is 0 Å². The number of benzene rings is 2. The molecule has 2 aromatic rings. The third-order valence-electron chi connectivity index (χ3n) is 6.89. The Hall–Kier alpha value is -3.70. The van der Waals surface area contributed by atoms with Gasteiger partial charge in [0.05, 0.1) is 52.9 Å². The smallest absolute Gasteiger partial charge is 0.335 e. The molecule has 0 atom stereocenters. The van der Waals surface area contributed by atoms with E-state index in [-0.39, 0.29) is 18.1 Å². The molecule has 0 bridgehead atoms. The molecule has 10 nitrogen and oxygen atoms in total. The van der Waals surface area contributed by atoms with Gasteiger partial charge in [0.2, 0.25) is 0 Å². The third kappa shape index (κ3) is 17.1. The fourth-order valence-electron chi connectivity index (χ4n) is 4.39. The lowest BCUT2D eigenvalue weighted by Gasteiger charge is -2.15. The number of ether oxygens (including phenoxy) is 8. The second-order valence-electron chi connectivity index (χ2n) is 10.6. The summed E-state index contributed by atoms with van der Waals surface area (Å²) in [5.74, 6) is 0.0909. The van der Waals surface area contributed by atoms with Crippen LogP contribution in [0.3, 0.4) is 0 Å². The summed E-state index contributed by atoms with van der Waals surface area (Å²) >= 11 is 0. The van der Waals surface area contributed by atoms with Gasteiger partial charge in [-0.1, -0.05) is 77.2 Å². The third-order valence-corrected chi connectivity index (χ3v) is 6.89. The molecule has 0 aliphatic carbocycles. The Morgan fingerprint density at radius 2 is 0.979 bits per heavy atom. The standard InChI is InChI=1S/C37H52O10/c1-5-8-9-10-11-12-13-14-19-44-32-17-15-30(28-34(32)46-36(38)6-2)31-16-18-33(35(29-31)47-37(39)7-3)45-27-26-43-25-24-42-23-22-41-21-20-40-4/h6-7,15-18,28-29H,2-3,5,8-14,19-27H2,1,4H3. The molecule has 2 rings (SSSR count). The Bertz CT molecular complexity index is 1200. The van der Waals surface area contributed by atoms with Gasteiger partial charge < -0.3 is 37.9 Å². The highest BCUT2D eigenvalue weighted by Crippen LogP contribution is 2.37. The first-order chi connectivity index (χ1) is 23.0. The Morgan fingerprint density at radius 1 is 0.553 bits per heavy atom. The predicted molar refractivity (Wildman–Crippen MR) is 181 cm³/mol. The zero-order chi connectivity index (χ0) is 34.0. The molecule has 0 spiro atoms. The monoisotopic (exact) mass is 656 g/mol. The average Bonchev–Trinajstić information content (AvgIpc) is 3.08. The molecular formula is C37H52O10. The Morgan fingerprint density at radius 3 is 1.45 bits per heavy atom. The first-order valence-electron chi connectivity index (χ1n) is 16.5. The molecule has 0 saturated carbocycles. The second-order valence-corrected chi connectivity index (χ2v) is 10.6. The summed E-state index contributed by atoms with van der Waals surface area (Å²) in [7, 11) is 1.63. The largest absolute Gasteiger partial charge is 0.490 e.